The lowest BCUT2D eigenvalue weighted by Crippen LogP contribution is -2.56. The van der Waals surface area contributed by atoms with Gasteiger partial charge in [-0.2, -0.15) is 0 Å². The molecule has 3 aromatic carbocycles. The molecule has 0 bridgehead atoms. The third-order valence-corrected chi connectivity index (χ3v) is 7.50. The Morgan fingerprint density at radius 1 is 0.975 bits per heavy atom. The number of halogens is 2. The molecule has 0 unspecified atom stereocenters. The number of nitrogens with one attached hydrogen (secondary N) is 1. The topological polar surface area (TPSA) is 86.8 Å². The number of aryl methyl sites for hydroxylation is 1. The van der Waals surface area contributed by atoms with Crippen LogP contribution in [0.3, 0.4) is 0 Å². The summed E-state index contributed by atoms with van der Waals surface area (Å²) >= 11 is 6.09. The number of nitrogens with zero attached hydrogens (tertiary/aromatic N) is 2. The van der Waals surface area contributed by atoms with Gasteiger partial charge in [-0.25, -0.2) is 12.8 Å². The van der Waals surface area contributed by atoms with E-state index in [2.05, 4.69) is 5.32 Å². The van der Waals surface area contributed by atoms with Gasteiger partial charge in [0, 0.05) is 23.5 Å². The number of hydrogen-bond donors (Lipinski definition) is 1. The van der Waals surface area contributed by atoms with E-state index in [-0.39, 0.29) is 18.9 Å². The lowest BCUT2D eigenvalue weighted by atomic mass is 10.0. The van der Waals surface area contributed by atoms with Crippen molar-refractivity contribution in [3.05, 3.63) is 100 Å². The zero-order chi connectivity index (χ0) is 29.7. The third kappa shape index (κ3) is 8.79. The molecule has 0 aliphatic rings. The van der Waals surface area contributed by atoms with Crippen molar-refractivity contribution in [2.24, 2.45) is 0 Å². The van der Waals surface area contributed by atoms with Gasteiger partial charge in [-0.1, -0.05) is 54.1 Å². The Morgan fingerprint density at radius 2 is 1.60 bits per heavy atom. The Labute approximate surface area is 241 Å². The number of anilines is 1. The van der Waals surface area contributed by atoms with Crippen LogP contribution in [0.4, 0.5) is 10.1 Å². The number of hydrogen-bond acceptors (Lipinski definition) is 4. The summed E-state index contributed by atoms with van der Waals surface area (Å²) in [5, 5.41) is 3.39. The van der Waals surface area contributed by atoms with Crippen LogP contribution >= 0.6 is 11.6 Å². The van der Waals surface area contributed by atoms with Gasteiger partial charge in [-0.15, -0.1) is 0 Å². The predicted molar refractivity (Wildman–Crippen MR) is 157 cm³/mol. The van der Waals surface area contributed by atoms with Crippen LogP contribution in [0.15, 0.2) is 72.8 Å². The van der Waals surface area contributed by atoms with Crippen LogP contribution in [0.5, 0.6) is 0 Å². The largest absolute Gasteiger partial charge is 0.350 e. The van der Waals surface area contributed by atoms with Crippen molar-refractivity contribution >= 4 is 39.1 Å². The van der Waals surface area contributed by atoms with Gasteiger partial charge in [0.1, 0.15) is 18.4 Å². The van der Waals surface area contributed by atoms with Gasteiger partial charge >= 0.3 is 0 Å². The molecule has 2 amide bonds. The van der Waals surface area contributed by atoms with Gasteiger partial charge in [-0.3, -0.25) is 13.9 Å². The molecular weight excluding hydrogens is 553 g/mol. The number of benzene rings is 3. The minimum atomic E-state index is -3.90. The molecule has 10 heteroatoms. The smallest absolute Gasteiger partial charge is 0.244 e. The van der Waals surface area contributed by atoms with Crippen molar-refractivity contribution < 1.29 is 22.4 Å². The minimum absolute atomic E-state index is 0.0363. The highest BCUT2D eigenvalue weighted by atomic mass is 35.5. The lowest BCUT2D eigenvalue weighted by molar-refractivity contribution is -0.140. The summed E-state index contributed by atoms with van der Waals surface area (Å²) in [6, 6.07) is 18.6. The fraction of sp³-hybridized carbons (Fsp3) is 0.333. The highest BCUT2D eigenvalue weighted by Gasteiger charge is 2.34. The van der Waals surface area contributed by atoms with E-state index in [0.717, 1.165) is 16.1 Å². The number of amides is 2. The first-order valence-electron chi connectivity index (χ1n) is 12.8. The summed E-state index contributed by atoms with van der Waals surface area (Å²) in [6.07, 6.45) is 1.21. The second-order valence-corrected chi connectivity index (χ2v) is 13.1. The molecule has 0 heterocycles. The number of rotatable bonds is 10. The first-order chi connectivity index (χ1) is 18.6. The molecule has 0 aromatic heterocycles. The molecule has 1 atom stereocenters. The lowest BCUT2D eigenvalue weighted by Gasteiger charge is -2.35. The monoisotopic (exact) mass is 587 g/mol. The zero-order valence-electron chi connectivity index (χ0n) is 23.3. The van der Waals surface area contributed by atoms with E-state index in [4.69, 9.17) is 11.6 Å². The highest BCUT2D eigenvalue weighted by molar-refractivity contribution is 7.92. The quantitative estimate of drug-likeness (QED) is 0.357. The summed E-state index contributed by atoms with van der Waals surface area (Å²) in [5.74, 6) is -1.41. The molecule has 40 heavy (non-hydrogen) atoms. The van der Waals surface area contributed by atoms with E-state index in [1.54, 1.807) is 25.1 Å². The van der Waals surface area contributed by atoms with Gasteiger partial charge in [0.25, 0.3) is 0 Å². The Kier molecular flexibility index (Phi) is 9.97. The van der Waals surface area contributed by atoms with Gasteiger partial charge < -0.3 is 10.2 Å². The maximum atomic E-state index is 14.1. The molecule has 0 fully saturated rings. The van der Waals surface area contributed by atoms with Crippen LogP contribution in [0.2, 0.25) is 5.02 Å². The third-order valence-electron chi connectivity index (χ3n) is 6.14. The SMILES string of the molecule is Cc1cc(Cl)ccc1N(CC(=O)N(Cc1ccc(F)cc1)[C@H](Cc1ccccc1)C(=O)NC(C)(C)C)S(C)(=O)=O. The Bertz CT molecular complexity index is 1440. The maximum Gasteiger partial charge on any atom is 0.244 e. The van der Waals surface area contributed by atoms with Crippen molar-refractivity contribution in [3.8, 4) is 0 Å². The summed E-state index contributed by atoms with van der Waals surface area (Å²) in [5.41, 5.74) is 1.70. The van der Waals surface area contributed by atoms with Crippen molar-refractivity contribution in [1.29, 1.82) is 0 Å². The van der Waals surface area contributed by atoms with Crippen LogP contribution in [0.25, 0.3) is 0 Å². The molecule has 3 rings (SSSR count). The minimum Gasteiger partial charge on any atom is -0.350 e. The van der Waals surface area contributed by atoms with Gasteiger partial charge in [0.15, 0.2) is 0 Å². The van der Waals surface area contributed by atoms with E-state index in [9.17, 15) is 22.4 Å². The van der Waals surface area contributed by atoms with Crippen LogP contribution in [-0.2, 0) is 32.6 Å². The first-order valence-corrected chi connectivity index (χ1v) is 15.0. The van der Waals surface area contributed by atoms with Crippen molar-refractivity contribution in [3.63, 3.8) is 0 Å². The second-order valence-electron chi connectivity index (χ2n) is 10.8. The van der Waals surface area contributed by atoms with E-state index < -0.39 is 39.9 Å². The van der Waals surface area contributed by atoms with Crippen LogP contribution < -0.4 is 9.62 Å². The molecule has 214 valence electrons. The number of carbonyl (C=O) groups is 2. The van der Waals surface area contributed by atoms with E-state index >= 15 is 0 Å². The van der Waals surface area contributed by atoms with Crippen molar-refractivity contribution in [2.75, 3.05) is 17.1 Å². The fourth-order valence-corrected chi connectivity index (χ4v) is 5.42. The summed E-state index contributed by atoms with van der Waals surface area (Å²) in [4.78, 5) is 29.1. The van der Waals surface area contributed by atoms with E-state index in [1.165, 1.54) is 29.2 Å². The standard InChI is InChI=1S/C30H35ClFN3O4S/c1-21-17-24(31)13-16-26(21)35(40(5,38)39)20-28(36)34(19-23-11-14-25(32)15-12-23)27(29(37)33-30(2,3)4)18-22-9-7-6-8-10-22/h6-17,27H,18-20H2,1-5H3,(H,33,37)/t27-/m1/s1. The number of sulfonamides is 1. The highest BCUT2D eigenvalue weighted by Crippen LogP contribution is 2.26. The molecule has 1 N–H and O–H groups in total. The molecule has 7 nitrogen and oxygen atoms in total. The second kappa shape index (κ2) is 12.8. The first kappa shape index (κ1) is 31.1. The zero-order valence-corrected chi connectivity index (χ0v) is 24.9. The summed E-state index contributed by atoms with van der Waals surface area (Å²) in [6.45, 7) is 6.64. The van der Waals surface area contributed by atoms with Crippen LogP contribution in [-0.4, -0.2) is 49.5 Å². The van der Waals surface area contributed by atoms with E-state index in [1.807, 2.05) is 51.1 Å². The fourth-order valence-electron chi connectivity index (χ4n) is 4.29. The Morgan fingerprint density at radius 3 is 2.15 bits per heavy atom. The molecule has 0 aliphatic carbocycles. The van der Waals surface area contributed by atoms with Crippen molar-refractivity contribution in [2.45, 2.75) is 52.2 Å². The molecule has 0 aliphatic heterocycles. The van der Waals surface area contributed by atoms with E-state index in [0.29, 0.717) is 21.8 Å². The van der Waals surface area contributed by atoms with Gasteiger partial charge in [0.2, 0.25) is 21.8 Å². The summed E-state index contributed by atoms with van der Waals surface area (Å²) in [7, 11) is -3.90. The van der Waals surface area contributed by atoms with Crippen LogP contribution in [0.1, 0.15) is 37.5 Å². The van der Waals surface area contributed by atoms with Gasteiger partial charge in [-0.05, 0) is 74.7 Å². The van der Waals surface area contributed by atoms with Gasteiger partial charge in [0.05, 0.1) is 11.9 Å². The Balaban J connectivity index is 2.09. The molecule has 3 aromatic rings. The molecule has 0 saturated heterocycles. The normalized spacial score (nSPS) is 12.5. The van der Waals surface area contributed by atoms with Crippen molar-refractivity contribution in [1.82, 2.24) is 10.2 Å². The number of carbonyl (C=O) groups excluding carboxylic acids is 2. The maximum absolute atomic E-state index is 14.1. The van der Waals surface area contributed by atoms with Crippen LogP contribution in [0, 0.1) is 12.7 Å². The Hall–Kier alpha value is -3.43. The molecular formula is C30H35ClFN3O4S. The molecule has 0 radical (unpaired) electrons. The molecule has 0 saturated carbocycles. The molecule has 0 spiro atoms. The predicted octanol–water partition coefficient (Wildman–Crippen LogP) is 5.11. The average molecular weight is 588 g/mol. The average Bonchev–Trinajstić information content (AvgIpc) is 2.85. The summed E-state index contributed by atoms with van der Waals surface area (Å²) < 4.78 is 40.5.